The number of carbonyl (C=O) groups is 1. The highest BCUT2D eigenvalue weighted by Gasteiger charge is 2.13. The largest absolute Gasteiger partial charge is 0.325 e. The van der Waals surface area contributed by atoms with Crippen LogP contribution >= 0.6 is 23.4 Å². The van der Waals surface area contributed by atoms with Gasteiger partial charge in [-0.3, -0.25) is 9.59 Å². The van der Waals surface area contributed by atoms with Gasteiger partial charge in [-0.05, 0) is 42.8 Å². The van der Waals surface area contributed by atoms with Crippen LogP contribution in [0.2, 0.25) is 5.02 Å². The first-order chi connectivity index (χ1) is 14.0. The molecule has 7 nitrogen and oxygen atoms in total. The average molecular weight is 426 g/mol. The molecule has 0 atom stereocenters. The summed E-state index contributed by atoms with van der Waals surface area (Å²) in [7, 11) is 0. The third-order valence-corrected chi connectivity index (χ3v) is 5.22. The summed E-state index contributed by atoms with van der Waals surface area (Å²) in [5, 5.41) is 8.34. The number of aryl methyl sites for hydroxylation is 1. The maximum absolute atomic E-state index is 12.4. The lowest BCUT2D eigenvalue weighted by Gasteiger charge is -2.06. The Morgan fingerprint density at radius 2 is 2.07 bits per heavy atom. The molecule has 0 bridgehead atoms. The van der Waals surface area contributed by atoms with Crippen molar-refractivity contribution in [2.24, 2.45) is 0 Å². The van der Waals surface area contributed by atoms with Gasteiger partial charge in [-0.2, -0.15) is 5.10 Å². The monoisotopic (exact) mass is 425 g/mol. The van der Waals surface area contributed by atoms with E-state index >= 15 is 0 Å². The second-order valence-electron chi connectivity index (χ2n) is 6.35. The van der Waals surface area contributed by atoms with Crippen molar-refractivity contribution < 1.29 is 4.79 Å². The number of aromatic nitrogens is 4. The Balaban J connectivity index is 1.56. The number of halogens is 1. The van der Waals surface area contributed by atoms with Crippen LogP contribution in [0.4, 0.5) is 5.69 Å². The number of hydrogen-bond donors (Lipinski definition) is 2. The lowest BCUT2D eigenvalue weighted by Crippen LogP contribution is -2.15. The molecule has 9 heteroatoms. The predicted octanol–water partition coefficient (Wildman–Crippen LogP) is 3.80. The van der Waals surface area contributed by atoms with Gasteiger partial charge in [0, 0.05) is 10.7 Å². The van der Waals surface area contributed by atoms with Crippen molar-refractivity contribution in [1.29, 1.82) is 0 Å². The number of H-pyrrole nitrogens is 1. The van der Waals surface area contributed by atoms with Gasteiger partial charge >= 0.3 is 0 Å². The SMILES string of the molecule is Cc1cccc(NC(=O)CSc2nc3c(cnn3-c3cccc(Cl)c3)c(=O)[nH]2)c1. The van der Waals surface area contributed by atoms with Gasteiger partial charge in [0.05, 0.1) is 17.6 Å². The molecule has 0 aliphatic carbocycles. The topological polar surface area (TPSA) is 92.7 Å². The second-order valence-corrected chi connectivity index (χ2v) is 7.75. The van der Waals surface area contributed by atoms with Gasteiger partial charge in [0.25, 0.3) is 5.56 Å². The first-order valence-corrected chi connectivity index (χ1v) is 10.1. The van der Waals surface area contributed by atoms with Crippen molar-refractivity contribution in [3.8, 4) is 5.69 Å². The number of thioether (sulfide) groups is 1. The molecule has 2 aromatic carbocycles. The molecule has 0 saturated heterocycles. The van der Waals surface area contributed by atoms with E-state index in [1.54, 1.807) is 22.9 Å². The predicted molar refractivity (Wildman–Crippen MR) is 115 cm³/mol. The Hall–Kier alpha value is -3.10. The maximum Gasteiger partial charge on any atom is 0.262 e. The van der Waals surface area contributed by atoms with Crippen LogP contribution < -0.4 is 10.9 Å². The molecule has 0 saturated carbocycles. The fourth-order valence-corrected chi connectivity index (χ4v) is 3.66. The Morgan fingerprint density at radius 3 is 2.86 bits per heavy atom. The van der Waals surface area contributed by atoms with Crippen LogP contribution in [-0.4, -0.2) is 31.4 Å². The Morgan fingerprint density at radius 1 is 1.24 bits per heavy atom. The number of aromatic amines is 1. The summed E-state index contributed by atoms with van der Waals surface area (Å²) in [5.74, 6) is -0.0834. The van der Waals surface area contributed by atoms with E-state index in [2.05, 4.69) is 20.4 Å². The highest BCUT2D eigenvalue weighted by atomic mass is 35.5. The average Bonchev–Trinajstić information content (AvgIpc) is 3.11. The Labute approximate surface area is 175 Å². The third-order valence-electron chi connectivity index (χ3n) is 4.11. The van der Waals surface area contributed by atoms with Crippen LogP contribution in [0.5, 0.6) is 0 Å². The van der Waals surface area contributed by atoms with Crippen molar-refractivity contribution in [3.63, 3.8) is 0 Å². The molecule has 2 heterocycles. The van der Waals surface area contributed by atoms with Crippen molar-refractivity contribution in [3.05, 3.63) is 75.7 Å². The molecule has 0 aliphatic rings. The minimum absolute atomic E-state index is 0.105. The number of nitrogens with one attached hydrogen (secondary N) is 2. The van der Waals surface area contributed by atoms with E-state index < -0.39 is 0 Å². The summed E-state index contributed by atoms with van der Waals surface area (Å²) in [6.07, 6.45) is 1.46. The number of carbonyl (C=O) groups excluding carboxylic acids is 1. The number of anilines is 1. The number of rotatable bonds is 5. The van der Waals surface area contributed by atoms with Crippen LogP contribution in [-0.2, 0) is 4.79 Å². The molecule has 0 unspecified atom stereocenters. The summed E-state index contributed by atoms with van der Waals surface area (Å²) < 4.78 is 1.55. The van der Waals surface area contributed by atoms with E-state index in [-0.39, 0.29) is 17.2 Å². The Kier molecular flexibility index (Phi) is 5.37. The van der Waals surface area contributed by atoms with Crippen LogP contribution in [0.25, 0.3) is 16.7 Å². The lowest BCUT2D eigenvalue weighted by atomic mass is 10.2. The first-order valence-electron chi connectivity index (χ1n) is 8.73. The smallest absolute Gasteiger partial charge is 0.262 e. The lowest BCUT2D eigenvalue weighted by molar-refractivity contribution is -0.113. The fraction of sp³-hybridized carbons (Fsp3) is 0.100. The molecule has 4 rings (SSSR count). The summed E-state index contributed by atoms with van der Waals surface area (Å²) in [4.78, 5) is 31.8. The van der Waals surface area contributed by atoms with Crippen molar-refractivity contribution >= 4 is 46.0 Å². The quantitative estimate of drug-likeness (QED) is 0.374. The van der Waals surface area contributed by atoms with Gasteiger partial charge < -0.3 is 10.3 Å². The van der Waals surface area contributed by atoms with Crippen molar-refractivity contribution in [2.45, 2.75) is 12.1 Å². The van der Waals surface area contributed by atoms with Crippen LogP contribution in [0, 0.1) is 6.92 Å². The summed E-state index contributed by atoms with van der Waals surface area (Å²) in [6, 6.07) is 14.7. The highest BCUT2D eigenvalue weighted by Crippen LogP contribution is 2.20. The van der Waals surface area contributed by atoms with Crippen LogP contribution in [0.1, 0.15) is 5.56 Å². The standard InChI is InChI=1S/C20H16ClN5O2S/c1-12-4-2-6-14(8-12)23-17(27)11-29-20-24-18-16(19(28)25-20)10-22-26(18)15-7-3-5-13(21)9-15/h2-10H,11H2,1H3,(H,23,27)(H,24,25,28). The molecule has 0 aliphatic heterocycles. The summed E-state index contributed by atoms with van der Waals surface area (Å²) in [5.41, 5.74) is 2.56. The number of nitrogens with zero attached hydrogens (tertiary/aromatic N) is 3. The molecule has 0 fully saturated rings. The van der Waals surface area contributed by atoms with E-state index in [4.69, 9.17) is 11.6 Å². The molecule has 1 amide bonds. The van der Waals surface area contributed by atoms with Gasteiger partial charge in [-0.1, -0.05) is 41.6 Å². The van der Waals surface area contributed by atoms with E-state index in [9.17, 15) is 9.59 Å². The van der Waals surface area contributed by atoms with Gasteiger partial charge in [0.2, 0.25) is 5.91 Å². The molecule has 29 heavy (non-hydrogen) atoms. The normalized spacial score (nSPS) is 11.0. The van der Waals surface area contributed by atoms with Gasteiger partial charge in [0.1, 0.15) is 5.39 Å². The van der Waals surface area contributed by atoms with E-state index in [1.165, 1.54) is 6.20 Å². The minimum atomic E-state index is -0.315. The number of hydrogen-bond acceptors (Lipinski definition) is 5. The second kappa shape index (κ2) is 8.10. The molecule has 2 aromatic heterocycles. The fourth-order valence-electron chi connectivity index (χ4n) is 2.82. The van der Waals surface area contributed by atoms with E-state index in [0.29, 0.717) is 26.9 Å². The number of benzene rings is 2. The minimum Gasteiger partial charge on any atom is -0.325 e. The van der Waals surface area contributed by atoms with Crippen molar-refractivity contribution in [2.75, 3.05) is 11.1 Å². The molecule has 4 aromatic rings. The Bertz CT molecular complexity index is 1270. The zero-order valence-corrected chi connectivity index (χ0v) is 16.9. The molecule has 0 radical (unpaired) electrons. The zero-order valence-electron chi connectivity index (χ0n) is 15.3. The summed E-state index contributed by atoms with van der Waals surface area (Å²) in [6.45, 7) is 1.96. The number of amides is 1. The molecular formula is C20H16ClN5O2S. The van der Waals surface area contributed by atoms with Gasteiger partial charge in [-0.15, -0.1) is 0 Å². The van der Waals surface area contributed by atoms with Gasteiger partial charge in [-0.25, -0.2) is 9.67 Å². The third kappa shape index (κ3) is 4.33. The molecule has 0 spiro atoms. The molecular weight excluding hydrogens is 410 g/mol. The molecule has 2 N–H and O–H groups in total. The first kappa shape index (κ1) is 19.2. The zero-order chi connectivity index (χ0) is 20.4. The van der Waals surface area contributed by atoms with E-state index in [1.807, 2.05) is 37.3 Å². The van der Waals surface area contributed by atoms with Gasteiger partial charge in [0.15, 0.2) is 10.8 Å². The van der Waals surface area contributed by atoms with Crippen molar-refractivity contribution in [1.82, 2.24) is 19.7 Å². The van der Waals surface area contributed by atoms with Crippen LogP contribution in [0.15, 0.2) is 64.7 Å². The maximum atomic E-state index is 12.4. The highest BCUT2D eigenvalue weighted by molar-refractivity contribution is 7.99. The molecule has 146 valence electrons. The summed E-state index contributed by atoms with van der Waals surface area (Å²) >= 11 is 7.20. The number of fused-ring (bicyclic) bond motifs is 1. The van der Waals surface area contributed by atoms with E-state index in [0.717, 1.165) is 23.0 Å². The van der Waals surface area contributed by atoms with Crippen LogP contribution in [0.3, 0.4) is 0 Å².